The van der Waals surface area contributed by atoms with Crippen molar-refractivity contribution in [3.8, 4) is 34.5 Å². The number of benzene rings is 4. The van der Waals surface area contributed by atoms with Gasteiger partial charge in [-0.3, -0.25) is 0 Å². The molecule has 33 heavy (non-hydrogen) atoms. The maximum Gasteiger partial charge on any atom is 0.130 e. The molecule has 0 fully saturated rings. The largest absolute Gasteiger partial charge is 0.508 e. The molecule has 0 aliphatic carbocycles. The van der Waals surface area contributed by atoms with Gasteiger partial charge in [0.15, 0.2) is 0 Å². The van der Waals surface area contributed by atoms with Gasteiger partial charge in [-0.25, -0.2) is 0 Å². The maximum absolute atomic E-state index is 11.1. The van der Waals surface area contributed by atoms with Crippen molar-refractivity contribution in [3.63, 3.8) is 0 Å². The molecule has 0 aliphatic heterocycles. The zero-order chi connectivity index (χ0) is 23.5. The summed E-state index contributed by atoms with van der Waals surface area (Å²) in [7, 11) is 0. The molecule has 4 aromatic rings. The van der Waals surface area contributed by atoms with E-state index in [9.17, 15) is 30.6 Å². The van der Waals surface area contributed by atoms with E-state index in [1.807, 2.05) is 0 Å². The maximum atomic E-state index is 11.1. The first kappa shape index (κ1) is 21.9. The van der Waals surface area contributed by atoms with Crippen molar-refractivity contribution < 1.29 is 30.6 Å². The van der Waals surface area contributed by atoms with Crippen LogP contribution in [-0.2, 0) is 19.3 Å². The Labute approximate surface area is 190 Å². The Kier molecular flexibility index (Phi) is 6.00. The molecule has 0 spiro atoms. The molecule has 168 valence electrons. The third kappa shape index (κ3) is 4.80. The minimum absolute atomic E-state index is 0.110. The highest BCUT2D eigenvalue weighted by atomic mass is 16.3. The summed E-state index contributed by atoms with van der Waals surface area (Å²) in [5.41, 5.74) is 3.07. The lowest BCUT2D eigenvalue weighted by Crippen LogP contribution is -2.01. The van der Waals surface area contributed by atoms with Gasteiger partial charge >= 0.3 is 0 Å². The molecule has 0 heterocycles. The van der Waals surface area contributed by atoms with Crippen LogP contribution >= 0.6 is 0 Å². The van der Waals surface area contributed by atoms with Crippen LogP contribution in [0.4, 0.5) is 0 Å². The fraction of sp³-hybridized carbons (Fsp3) is 0.111. The van der Waals surface area contributed by atoms with Gasteiger partial charge < -0.3 is 30.6 Å². The monoisotopic (exact) mass is 444 g/mol. The van der Waals surface area contributed by atoms with Crippen LogP contribution in [0, 0.1) is 0 Å². The molecule has 0 atom stereocenters. The van der Waals surface area contributed by atoms with Crippen LogP contribution < -0.4 is 0 Å². The molecule has 6 nitrogen and oxygen atoms in total. The third-order valence-corrected chi connectivity index (χ3v) is 5.67. The standard InChI is InChI=1S/C27H24O6/c28-19-7-1-16(2-8-19)13-22-25(31)23(14-17-3-9-20(29)10-4-17)27(33)24(26(22)32)15-18-5-11-21(30)12-6-18/h1-12,28-33H,13-15H2. The van der Waals surface area contributed by atoms with E-state index < -0.39 is 0 Å². The summed E-state index contributed by atoms with van der Waals surface area (Å²) in [5.74, 6) is -0.293. The topological polar surface area (TPSA) is 121 Å². The van der Waals surface area contributed by atoms with Crippen LogP contribution in [0.2, 0.25) is 0 Å². The minimum atomic E-state index is -0.208. The highest BCUT2D eigenvalue weighted by molar-refractivity contribution is 5.64. The molecular weight excluding hydrogens is 420 g/mol. The summed E-state index contributed by atoms with van der Waals surface area (Å²) in [4.78, 5) is 0. The first-order valence-electron chi connectivity index (χ1n) is 10.4. The second-order valence-electron chi connectivity index (χ2n) is 8.01. The summed E-state index contributed by atoms with van der Waals surface area (Å²) in [5, 5.41) is 61.8. The van der Waals surface area contributed by atoms with E-state index in [0.29, 0.717) is 0 Å². The number of aromatic hydroxyl groups is 6. The van der Waals surface area contributed by atoms with Gasteiger partial charge in [-0.05, 0) is 53.1 Å². The lowest BCUT2D eigenvalue weighted by Gasteiger charge is -2.19. The molecule has 0 bridgehead atoms. The van der Waals surface area contributed by atoms with Gasteiger partial charge in [-0.2, -0.15) is 0 Å². The van der Waals surface area contributed by atoms with E-state index in [2.05, 4.69) is 0 Å². The zero-order valence-electron chi connectivity index (χ0n) is 17.7. The van der Waals surface area contributed by atoms with Crippen molar-refractivity contribution in [2.24, 2.45) is 0 Å². The van der Waals surface area contributed by atoms with Gasteiger partial charge in [0.2, 0.25) is 0 Å². The van der Waals surface area contributed by atoms with Gasteiger partial charge in [0.1, 0.15) is 34.5 Å². The fourth-order valence-corrected chi connectivity index (χ4v) is 3.84. The Morgan fingerprint density at radius 3 is 0.758 bits per heavy atom. The SMILES string of the molecule is Oc1ccc(Cc2c(O)c(Cc3ccc(O)cc3)c(O)c(Cc3ccc(O)cc3)c2O)cc1. The van der Waals surface area contributed by atoms with Crippen molar-refractivity contribution in [1.29, 1.82) is 0 Å². The second kappa shape index (κ2) is 9.04. The summed E-state index contributed by atoms with van der Waals surface area (Å²) in [6.07, 6.45) is 0.552. The minimum Gasteiger partial charge on any atom is -0.508 e. The molecule has 4 rings (SSSR count). The van der Waals surface area contributed by atoms with Crippen LogP contribution in [0.25, 0.3) is 0 Å². The van der Waals surface area contributed by atoms with E-state index in [1.54, 1.807) is 36.4 Å². The highest BCUT2D eigenvalue weighted by Crippen LogP contribution is 2.45. The lowest BCUT2D eigenvalue weighted by molar-refractivity contribution is 0.406. The van der Waals surface area contributed by atoms with Crippen molar-refractivity contribution in [2.45, 2.75) is 19.3 Å². The number of phenolic OH excluding ortho intramolecular Hbond substituents is 6. The zero-order valence-corrected chi connectivity index (χ0v) is 17.7. The third-order valence-electron chi connectivity index (χ3n) is 5.67. The second-order valence-corrected chi connectivity index (χ2v) is 8.01. The molecule has 6 heteroatoms. The molecule has 0 saturated carbocycles. The Morgan fingerprint density at radius 2 is 0.545 bits per heavy atom. The quantitative estimate of drug-likeness (QED) is 0.257. The molecule has 0 unspecified atom stereocenters. The van der Waals surface area contributed by atoms with Gasteiger partial charge in [-0.1, -0.05) is 36.4 Å². The van der Waals surface area contributed by atoms with Crippen LogP contribution in [0.1, 0.15) is 33.4 Å². The molecule has 6 N–H and O–H groups in total. The van der Waals surface area contributed by atoms with Crippen LogP contribution in [0.15, 0.2) is 72.8 Å². The van der Waals surface area contributed by atoms with Gasteiger partial charge in [0.05, 0.1) is 0 Å². The van der Waals surface area contributed by atoms with Crippen molar-refractivity contribution >= 4 is 0 Å². The fourth-order valence-electron chi connectivity index (χ4n) is 3.84. The molecule has 0 aromatic heterocycles. The smallest absolute Gasteiger partial charge is 0.130 e. The van der Waals surface area contributed by atoms with Crippen molar-refractivity contribution in [1.82, 2.24) is 0 Å². The molecule has 0 aliphatic rings. The molecule has 0 amide bonds. The first-order valence-corrected chi connectivity index (χ1v) is 10.4. The normalized spacial score (nSPS) is 10.9. The summed E-state index contributed by atoms with van der Waals surface area (Å²) < 4.78 is 0. The van der Waals surface area contributed by atoms with Crippen molar-refractivity contribution in [3.05, 3.63) is 106 Å². The van der Waals surface area contributed by atoms with Crippen LogP contribution in [-0.4, -0.2) is 30.6 Å². The summed E-state index contributed by atoms with van der Waals surface area (Å²) in [6.45, 7) is 0. The lowest BCUT2D eigenvalue weighted by atomic mass is 9.90. The Hall–Kier alpha value is -4.32. The van der Waals surface area contributed by atoms with E-state index in [0.717, 1.165) is 16.7 Å². The Morgan fingerprint density at radius 1 is 0.333 bits per heavy atom. The molecular formula is C27H24O6. The predicted octanol–water partition coefficient (Wildman–Crippen LogP) is 4.69. The van der Waals surface area contributed by atoms with E-state index in [1.165, 1.54) is 36.4 Å². The number of hydrogen-bond acceptors (Lipinski definition) is 6. The average molecular weight is 444 g/mol. The highest BCUT2D eigenvalue weighted by Gasteiger charge is 2.24. The van der Waals surface area contributed by atoms with E-state index in [-0.39, 0.29) is 70.4 Å². The number of phenols is 6. The number of rotatable bonds is 6. The van der Waals surface area contributed by atoms with E-state index >= 15 is 0 Å². The average Bonchev–Trinajstić information content (AvgIpc) is 2.81. The van der Waals surface area contributed by atoms with E-state index in [4.69, 9.17) is 0 Å². The summed E-state index contributed by atoms with van der Waals surface area (Å²) >= 11 is 0. The first-order chi connectivity index (χ1) is 15.8. The Balaban J connectivity index is 1.82. The van der Waals surface area contributed by atoms with Crippen LogP contribution in [0.5, 0.6) is 34.5 Å². The predicted molar refractivity (Wildman–Crippen MR) is 124 cm³/mol. The Bertz CT molecular complexity index is 1080. The number of hydrogen-bond donors (Lipinski definition) is 6. The van der Waals surface area contributed by atoms with Gasteiger partial charge in [0, 0.05) is 36.0 Å². The van der Waals surface area contributed by atoms with Crippen molar-refractivity contribution in [2.75, 3.05) is 0 Å². The summed E-state index contributed by atoms with van der Waals surface area (Å²) in [6, 6.07) is 19.3. The van der Waals surface area contributed by atoms with Gasteiger partial charge in [0.25, 0.3) is 0 Å². The van der Waals surface area contributed by atoms with Crippen LogP contribution in [0.3, 0.4) is 0 Å². The molecule has 4 aromatic carbocycles. The van der Waals surface area contributed by atoms with Gasteiger partial charge in [-0.15, -0.1) is 0 Å². The molecule has 0 radical (unpaired) electrons. The molecule has 0 saturated heterocycles.